The van der Waals surface area contributed by atoms with Crippen LogP contribution in [0.4, 0.5) is 0 Å². The van der Waals surface area contributed by atoms with E-state index in [1.807, 2.05) is 30.3 Å². The summed E-state index contributed by atoms with van der Waals surface area (Å²) in [5.74, 6) is 5.35. The van der Waals surface area contributed by atoms with Gasteiger partial charge >= 0.3 is 0 Å². The molecule has 0 saturated heterocycles. The van der Waals surface area contributed by atoms with Gasteiger partial charge in [-0.15, -0.1) is 12.8 Å². The smallest absolute Gasteiger partial charge is 0.0243 e. The molecule has 0 aliphatic heterocycles. The zero-order valence-corrected chi connectivity index (χ0v) is 13.5. The van der Waals surface area contributed by atoms with Gasteiger partial charge in [-0.1, -0.05) is 66.4 Å². The molecule has 0 bridgehead atoms. The van der Waals surface area contributed by atoms with Gasteiger partial charge in [-0.05, 0) is 48.1 Å². The fourth-order valence-corrected chi connectivity index (χ4v) is 4.70. The van der Waals surface area contributed by atoms with E-state index in [1.165, 1.54) is 15.9 Å². The van der Waals surface area contributed by atoms with Crippen molar-refractivity contribution in [2.45, 2.75) is 0 Å². The molecule has 0 N–H and O–H groups in total. The molecule has 0 unspecified atom stereocenters. The third-order valence-electron chi connectivity index (χ3n) is 3.60. The monoisotopic (exact) mass is 310 g/mol. The molecule has 0 saturated carbocycles. The highest BCUT2D eigenvalue weighted by atomic mass is 31.1. The number of rotatable bonds is 3. The lowest BCUT2D eigenvalue weighted by Crippen LogP contribution is -2.20. The Morgan fingerprint density at radius 3 is 1.30 bits per heavy atom. The normalized spacial score (nSPS) is 10.0. The van der Waals surface area contributed by atoms with Gasteiger partial charge in [-0.25, -0.2) is 0 Å². The largest absolute Gasteiger partial charge is 0.115 e. The molecule has 0 aliphatic rings. The van der Waals surface area contributed by atoms with Crippen molar-refractivity contribution in [3.63, 3.8) is 0 Å². The molecule has 0 atom stereocenters. The first kappa shape index (κ1) is 15.1. The summed E-state index contributed by atoms with van der Waals surface area (Å²) < 4.78 is 0. The van der Waals surface area contributed by atoms with Crippen LogP contribution in [0.1, 0.15) is 11.1 Å². The summed E-state index contributed by atoms with van der Waals surface area (Å²) in [6, 6.07) is 27.1. The van der Waals surface area contributed by atoms with Gasteiger partial charge in [0.2, 0.25) is 0 Å². The van der Waals surface area contributed by atoms with Crippen LogP contribution < -0.4 is 15.9 Å². The first-order valence-corrected chi connectivity index (χ1v) is 8.64. The quantitative estimate of drug-likeness (QED) is 0.514. The molecule has 0 fully saturated rings. The maximum Gasteiger partial charge on any atom is 0.0243 e. The lowest BCUT2D eigenvalue weighted by molar-refractivity contribution is 1.68. The van der Waals surface area contributed by atoms with Crippen molar-refractivity contribution in [3.8, 4) is 24.7 Å². The van der Waals surface area contributed by atoms with E-state index in [2.05, 4.69) is 60.4 Å². The van der Waals surface area contributed by atoms with E-state index in [-0.39, 0.29) is 0 Å². The maximum atomic E-state index is 5.47. The fourth-order valence-electron chi connectivity index (χ4n) is 2.44. The van der Waals surface area contributed by atoms with Crippen LogP contribution in [-0.4, -0.2) is 0 Å². The molecule has 1 heteroatoms. The van der Waals surface area contributed by atoms with Gasteiger partial charge in [0.15, 0.2) is 0 Å². The number of terminal acetylenes is 2. The maximum absolute atomic E-state index is 5.47. The van der Waals surface area contributed by atoms with Crippen molar-refractivity contribution in [2.24, 2.45) is 0 Å². The SMILES string of the molecule is C#Cc1ccc(P(c2ccccc2)c2ccc(C#C)cc2)cc1. The Bertz CT molecular complexity index is 803. The van der Waals surface area contributed by atoms with Crippen LogP contribution in [0, 0.1) is 24.7 Å². The van der Waals surface area contributed by atoms with Crippen molar-refractivity contribution in [1.29, 1.82) is 0 Å². The zero-order chi connectivity index (χ0) is 16.1. The van der Waals surface area contributed by atoms with Gasteiger partial charge < -0.3 is 0 Å². The Hall–Kier alpha value is -2.79. The van der Waals surface area contributed by atoms with Crippen molar-refractivity contribution < 1.29 is 0 Å². The minimum atomic E-state index is -0.618. The third kappa shape index (κ3) is 3.35. The number of hydrogen-bond acceptors (Lipinski definition) is 0. The summed E-state index contributed by atoms with van der Waals surface area (Å²) in [5.41, 5.74) is 1.80. The molecule has 0 aliphatic carbocycles. The molecule has 3 aromatic rings. The standard InChI is InChI=1S/C22H15P/c1-3-18-10-14-21(15-11-18)23(20-8-6-5-7-9-20)22-16-12-19(4-2)13-17-22/h1-2,5-17H. The van der Waals surface area contributed by atoms with E-state index in [9.17, 15) is 0 Å². The molecule has 3 aromatic carbocycles. The van der Waals surface area contributed by atoms with Gasteiger partial charge in [0.05, 0.1) is 0 Å². The summed E-state index contributed by atoms with van der Waals surface area (Å²) in [6.45, 7) is 0. The summed E-state index contributed by atoms with van der Waals surface area (Å²) in [4.78, 5) is 0. The molecular weight excluding hydrogens is 295 g/mol. The number of benzene rings is 3. The van der Waals surface area contributed by atoms with Crippen LogP contribution in [-0.2, 0) is 0 Å². The van der Waals surface area contributed by atoms with Crippen LogP contribution in [0.15, 0.2) is 78.9 Å². The molecule has 0 nitrogen and oxygen atoms in total. The van der Waals surface area contributed by atoms with E-state index in [0.717, 1.165) is 11.1 Å². The number of hydrogen-bond donors (Lipinski definition) is 0. The van der Waals surface area contributed by atoms with E-state index in [0.29, 0.717) is 0 Å². The highest BCUT2D eigenvalue weighted by Crippen LogP contribution is 2.32. The second kappa shape index (κ2) is 6.98. The van der Waals surface area contributed by atoms with E-state index < -0.39 is 7.92 Å². The summed E-state index contributed by atoms with van der Waals surface area (Å²) in [7, 11) is -0.618. The molecule has 0 aromatic heterocycles. The van der Waals surface area contributed by atoms with E-state index in [4.69, 9.17) is 12.8 Å². The Morgan fingerprint density at radius 2 is 0.913 bits per heavy atom. The summed E-state index contributed by atoms with van der Waals surface area (Å²) in [6.07, 6.45) is 10.9. The highest BCUT2D eigenvalue weighted by molar-refractivity contribution is 7.79. The molecule has 3 rings (SSSR count). The average Bonchev–Trinajstić information content (AvgIpc) is 2.64. The van der Waals surface area contributed by atoms with Crippen LogP contribution >= 0.6 is 7.92 Å². The average molecular weight is 310 g/mol. The van der Waals surface area contributed by atoms with Crippen LogP contribution in [0.5, 0.6) is 0 Å². The third-order valence-corrected chi connectivity index (χ3v) is 6.04. The Kier molecular flexibility index (Phi) is 4.59. The van der Waals surface area contributed by atoms with Gasteiger partial charge in [0.25, 0.3) is 0 Å². The van der Waals surface area contributed by atoms with E-state index in [1.54, 1.807) is 0 Å². The predicted molar refractivity (Wildman–Crippen MR) is 101 cm³/mol. The fraction of sp³-hybridized carbons (Fsp3) is 0. The topological polar surface area (TPSA) is 0 Å². The molecule has 0 radical (unpaired) electrons. The van der Waals surface area contributed by atoms with Gasteiger partial charge in [0, 0.05) is 11.1 Å². The molecule has 0 spiro atoms. The van der Waals surface area contributed by atoms with Gasteiger partial charge in [-0.3, -0.25) is 0 Å². The van der Waals surface area contributed by atoms with Crippen LogP contribution in [0.25, 0.3) is 0 Å². The summed E-state index contributed by atoms with van der Waals surface area (Å²) >= 11 is 0. The molecule has 0 amide bonds. The lowest BCUT2D eigenvalue weighted by atomic mass is 10.2. The lowest BCUT2D eigenvalue weighted by Gasteiger charge is -2.19. The van der Waals surface area contributed by atoms with Crippen molar-refractivity contribution in [1.82, 2.24) is 0 Å². The van der Waals surface area contributed by atoms with Crippen molar-refractivity contribution in [2.75, 3.05) is 0 Å². The zero-order valence-electron chi connectivity index (χ0n) is 12.6. The second-order valence-electron chi connectivity index (χ2n) is 5.05. The molecular formula is C22H15P. The Morgan fingerprint density at radius 1 is 0.522 bits per heavy atom. The van der Waals surface area contributed by atoms with Crippen molar-refractivity contribution >= 4 is 23.8 Å². The Balaban J connectivity index is 2.09. The van der Waals surface area contributed by atoms with E-state index >= 15 is 0 Å². The first-order chi connectivity index (χ1) is 11.3. The Labute approximate surface area is 139 Å². The van der Waals surface area contributed by atoms with Crippen LogP contribution in [0.3, 0.4) is 0 Å². The van der Waals surface area contributed by atoms with Gasteiger partial charge in [0.1, 0.15) is 0 Å². The minimum Gasteiger partial charge on any atom is -0.115 e. The second-order valence-corrected chi connectivity index (χ2v) is 7.27. The van der Waals surface area contributed by atoms with Gasteiger partial charge in [-0.2, -0.15) is 0 Å². The first-order valence-electron chi connectivity index (χ1n) is 7.30. The molecule has 108 valence electrons. The molecule has 23 heavy (non-hydrogen) atoms. The highest BCUT2D eigenvalue weighted by Gasteiger charge is 2.16. The molecule has 0 heterocycles. The van der Waals surface area contributed by atoms with Crippen LogP contribution in [0.2, 0.25) is 0 Å². The van der Waals surface area contributed by atoms with Crippen molar-refractivity contribution in [3.05, 3.63) is 90.0 Å². The summed E-state index contributed by atoms with van der Waals surface area (Å²) in [5, 5.41) is 3.86. The predicted octanol–water partition coefficient (Wildman–Crippen LogP) is 3.41. The minimum absolute atomic E-state index is 0.618.